The van der Waals surface area contributed by atoms with E-state index in [0.717, 1.165) is 17.9 Å². The van der Waals surface area contributed by atoms with Gasteiger partial charge in [-0.1, -0.05) is 24.3 Å². The molecule has 0 aliphatic rings. The lowest BCUT2D eigenvalue weighted by Crippen LogP contribution is -1.90. The Morgan fingerprint density at radius 2 is 1.28 bits per heavy atom. The standard InChI is InChI=1S/C7H6F2O.C7H8O/c1-10-7-5(8)3-2-4-6(7)9;1-8-7-5-3-2-4-6-7/h2-4H,1H3;2-6H,1H3. The zero-order chi connectivity index (χ0) is 13.4. The van der Waals surface area contributed by atoms with E-state index in [4.69, 9.17) is 4.74 Å². The number of methoxy groups -OCH3 is 2. The fraction of sp³-hybridized carbons (Fsp3) is 0.143. The van der Waals surface area contributed by atoms with Crippen LogP contribution in [0.2, 0.25) is 0 Å². The van der Waals surface area contributed by atoms with Gasteiger partial charge >= 0.3 is 0 Å². The lowest BCUT2D eigenvalue weighted by Gasteiger charge is -2.00. The van der Waals surface area contributed by atoms with E-state index < -0.39 is 11.6 Å². The lowest BCUT2D eigenvalue weighted by atomic mass is 10.3. The first-order valence-electron chi connectivity index (χ1n) is 5.26. The van der Waals surface area contributed by atoms with Gasteiger partial charge in [0.15, 0.2) is 17.4 Å². The van der Waals surface area contributed by atoms with Crippen molar-refractivity contribution >= 4 is 0 Å². The van der Waals surface area contributed by atoms with Crippen molar-refractivity contribution < 1.29 is 18.3 Å². The van der Waals surface area contributed by atoms with Gasteiger partial charge < -0.3 is 9.47 Å². The van der Waals surface area contributed by atoms with Gasteiger partial charge in [-0.3, -0.25) is 0 Å². The molecule has 0 unspecified atom stereocenters. The molecule has 0 heterocycles. The Labute approximate surface area is 105 Å². The molecule has 0 N–H and O–H groups in total. The predicted molar refractivity (Wildman–Crippen MR) is 65.9 cm³/mol. The molecule has 2 aromatic rings. The van der Waals surface area contributed by atoms with Gasteiger partial charge in [0.05, 0.1) is 14.2 Å². The molecule has 0 radical (unpaired) electrons. The average Bonchev–Trinajstić information content (AvgIpc) is 2.41. The fourth-order valence-corrected chi connectivity index (χ4v) is 1.23. The maximum Gasteiger partial charge on any atom is 0.190 e. The van der Waals surface area contributed by atoms with E-state index in [2.05, 4.69) is 4.74 Å². The molecule has 0 fully saturated rings. The third-order valence-electron chi connectivity index (χ3n) is 2.10. The summed E-state index contributed by atoms with van der Waals surface area (Å²) in [5, 5.41) is 0. The first kappa shape index (κ1) is 14.0. The highest BCUT2D eigenvalue weighted by Gasteiger charge is 2.06. The molecule has 0 bridgehead atoms. The van der Waals surface area contributed by atoms with Gasteiger partial charge in [-0.2, -0.15) is 0 Å². The number of hydrogen-bond donors (Lipinski definition) is 0. The number of benzene rings is 2. The molecule has 0 spiro atoms. The Kier molecular flexibility index (Phi) is 5.64. The van der Waals surface area contributed by atoms with Gasteiger partial charge in [0.1, 0.15) is 5.75 Å². The number of rotatable bonds is 2. The Morgan fingerprint density at radius 1 is 0.722 bits per heavy atom. The Balaban J connectivity index is 0.000000184. The fourth-order valence-electron chi connectivity index (χ4n) is 1.23. The van der Waals surface area contributed by atoms with Crippen LogP contribution in [0.5, 0.6) is 11.5 Å². The molecule has 0 atom stereocenters. The second kappa shape index (κ2) is 7.27. The summed E-state index contributed by atoms with van der Waals surface area (Å²) in [6.07, 6.45) is 0. The summed E-state index contributed by atoms with van der Waals surface area (Å²) in [7, 11) is 2.89. The summed E-state index contributed by atoms with van der Waals surface area (Å²) < 4.78 is 34.3. The summed E-state index contributed by atoms with van der Waals surface area (Å²) in [5.74, 6) is -0.778. The molecule has 2 aromatic carbocycles. The van der Waals surface area contributed by atoms with Gasteiger partial charge in [-0.15, -0.1) is 0 Å². The number of halogens is 2. The molecule has 2 nitrogen and oxygen atoms in total. The Hall–Kier alpha value is -2.10. The summed E-state index contributed by atoms with van der Waals surface area (Å²) in [6, 6.07) is 13.2. The van der Waals surface area contributed by atoms with Crippen molar-refractivity contribution in [2.45, 2.75) is 0 Å². The van der Waals surface area contributed by atoms with Crippen LogP contribution in [0.1, 0.15) is 0 Å². The zero-order valence-electron chi connectivity index (χ0n) is 10.2. The normalized spacial score (nSPS) is 9.11. The van der Waals surface area contributed by atoms with Gasteiger partial charge in [0.2, 0.25) is 0 Å². The van der Waals surface area contributed by atoms with Crippen molar-refractivity contribution in [1.82, 2.24) is 0 Å². The maximum absolute atomic E-state index is 12.5. The summed E-state index contributed by atoms with van der Waals surface area (Å²) in [4.78, 5) is 0. The number of hydrogen-bond acceptors (Lipinski definition) is 2. The molecule has 0 aliphatic carbocycles. The molecule has 4 heteroatoms. The molecule has 0 aliphatic heterocycles. The van der Waals surface area contributed by atoms with Crippen LogP contribution in [0.3, 0.4) is 0 Å². The van der Waals surface area contributed by atoms with Crippen molar-refractivity contribution in [2.75, 3.05) is 14.2 Å². The molecule has 0 saturated heterocycles. The minimum Gasteiger partial charge on any atom is -0.497 e. The molecule has 0 aromatic heterocycles. The van der Waals surface area contributed by atoms with Crippen molar-refractivity contribution in [3.63, 3.8) is 0 Å². The minimum absolute atomic E-state index is 0.331. The summed E-state index contributed by atoms with van der Waals surface area (Å²) in [5.41, 5.74) is 0. The highest BCUT2D eigenvalue weighted by molar-refractivity contribution is 5.25. The van der Waals surface area contributed by atoms with E-state index in [-0.39, 0.29) is 5.75 Å². The quantitative estimate of drug-likeness (QED) is 0.812. The second-order valence-corrected chi connectivity index (χ2v) is 3.27. The van der Waals surface area contributed by atoms with Crippen LogP contribution in [0.4, 0.5) is 8.78 Å². The van der Waals surface area contributed by atoms with E-state index in [0.29, 0.717) is 0 Å². The lowest BCUT2D eigenvalue weighted by molar-refractivity contribution is 0.360. The first-order chi connectivity index (χ1) is 8.69. The topological polar surface area (TPSA) is 18.5 Å². The SMILES string of the molecule is COc1c(F)cccc1F.COc1ccccc1. The van der Waals surface area contributed by atoms with E-state index in [1.807, 2.05) is 30.3 Å². The van der Waals surface area contributed by atoms with Crippen LogP contribution < -0.4 is 9.47 Å². The molecular formula is C14H14F2O2. The van der Waals surface area contributed by atoms with Crippen LogP contribution in [-0.2, 0) is 0 Å². The second-order valence-electron chi connectivity index (χ2n) is 3.27. The van der Waals surface area contributed by atoms with Crippen LogP contribution in [0.15, 0.2) is 48.5 Å². The first-order valence-corrected chi connectivity index (χ1v) is 5.26. The van der Waals surface area contributed by atoms with Crippen molar-refractivity contribution in [3.05, 3.63) is 60.2 Å². The van der Waals surface area contributed by atoms with Gasteiger partial charge in [-0.25, -0.2) is 8.78 Å². The average molecular weight is 252 g/mol. The third kappa shape index (κ3) is 4.05. The predicted octanol–water partition coefficient (Wildman–Crippen LogP) is 3.67. The smallest absolute Gasteiger partial charge is 0.190 e. The van der Waals surface area contributed by atoms with Crippen molar-refractivity contribution in [1.29, 1.82) is 0 Å². The molecular weight excluding hydrogens is 238 g/mol. The summed E-state index contributed by atoms with van der Waals surface area (Å²) >= 11 is 0. The van der Waals surface area contributed by atoms with E-state index in [1.165, 1.54) is 13.2 Å². The summed E-state index contributed by atoms with van der Waals surface area (Å²) in [6.45, 7) is 0. The van der Waals surface area contributed by atoms with Gasteiger partial charge in [-0.05, 0) is 24.3 Å². The highest BCUT2D eigenvalue weighted by Crippen LogP contribution is 2.19. The minimum atomic E-state index is -0.678. The maximum atomic E-state index is 12.5. The molecule has 0 amide bonds. The van der Waals surface area contributed by atoms with E-state index in [9.17, 15) is 8.78 Å². The third-order valence-corrected chi connectivity index (χ3v) is 2.10. The van der Waals surface area contributed by atoms with Crippen LogP contribution in [0, 0.1) is 11.6 Å². The van der Waals surface area contributed by atoms with E-state index in [1.54, 1.807) is 7.11 Å². The van der Waals surface area contributed by atoms with Crippen molar-refractivity contribution in [2.24, 2.45) is 0 Å². The number of para-hydroxylation sites is 2. The van der Waals surface area contributed by atoms with Crippen LogP contribution in [0.25, 0.3) is 0 Å². The van der Waals surface area contributed by atoms with Gasteiger partial charge in [0, 0.05) is 0 Å². The van der Waals surface area contributed by atoms with Crippen molar-refractivity contribution in [3.8, 4) is 11.5 Å². The van der Waals surface area contributed by atoms with Gasteiger partial charge in [0.25, 0.3) is 0 Å². The van der Waals surface area contributed by atoms with Crippen LogP contribution in [-0.4, -0.2) is 14.2 Å². The monoisotopic (exact) mass is 252 g/mol. The zero-order valence-corrected chi connectivity index (χ0v) is 10.2. The number of ether oxygens (including phenoxy) is 2. The molecule has 2 rings (SSSR count). The largest absolute Gasteiger partial charge is 0.497 e. The Bertz CT molecular complexity index is 452. The molecule has 18 heavy (non-hydrogen) atoms. The molecule has 0 saturated carbocycles. The molecule has 96 valence electrons. The van der Waals surface area contributed by atoms with E-state index >= 15 is 0 Å². The highest BCUT2D eigenvalue weighted by atomic mass is 19.1. The van der Waals surface area contributed by atoms with Crippen LogP contribution >= 0.6 is 0 Å². The Morgan fingerprint density at radius 3 is 1.61 bits per heavy atom.